The van der Waals surface area contributed by atoms with Crippen molar-refractivity contribution < 1.29 is 9.53 Å². The van der Waals surface area contributed by atoms with E-state index in [1.165, 1.54) is 7.11 Å². The van der Waals surface area contributed by atoms with E-state index in [1.54, 1.807) is 24.3 Å². The lowest BCUT2D eigenvalue weighted by Gasteiger charge is -2.02. The molecule has 1 aromatic carbocycles. The Labute approximate surface area is 112 Å². The molecule has 2 nitrogen and oxygen atoms in total. The molecule has 0 unspecified atom stereocenters. The van der Waals surface area contributed by atoms with Crippen molar-refractivity contribution in [1.29, 1.82) is 0 Å². The molecule has 0 amide bonds. The predicted molar refractivity (Wildman–Crippen MR) is 70.2 cm³/mol. The lowest BCUT2D eigenvalue weighted by molar-refractivity contribution is -0.135. The molecule has 0 aliphatic heterocycles. The van der Waals surface area contributed by atoms with Crippen LogP contribution in [0, 0.1) is 0 Å². The molecule has 1 aromatic rings. The molecule has 86 valence electrons. The van der Waals surface area contributed by atoms with Gasteiger partial charge in [0.2, 0.25) is 0 Å². The zero-order valence-corrected chi connectivity index (χ0v) is 11.6. The summed E-state index contributed by atoms with van der Waals surface area (Å²) in [4.78, 5) is 11.3. The molecule has 1 rings (SSSR count). The summed E-state index contributed by atoms with van der Waals surface area (Å²) >= 11 is 14.9. The maximum absolute atomic E-state index is 11.3. The summed E-state index contributed by atoms with van der Waals surface area (Å²) in [7, 11) is 1.34. The number of hydrogen-bond acceptors (Lipinski definition) is 2. The van der Waals surface area contributed by atoms with Gasteiger partial charge in [0.05, 0.1) is 17.2 Å². The first-order valence-corrected chi connectivity index (χ1v) is 6.26. The average Bonchev–Trinajstić information content (AvgIpc) is 2.29. The largest absolute Gasteiger partial charge is 0.466 e. The average molecular weight is 324 g/mol. The molecule has 0 fully saturated rings. The van der Waals surface area contributed by atoms with E-state index in [2.05, 4.69) is 20.7 Å². The highest BCUT2D eigenvalue weighted by molar-refractivity contribution is 9.09. The molecule has 0 atom stereocenters. The van der Waals surface area contributed by atoms with E-state index in [0.717, 1.165) is 5.56 Å². The summed E-state index contributed by atoms with van der Waals surface area (Å²) in [5.74, 6) is -0.372. The van der Waals surface area contributed by atoms with E-state index < -0.39 is 0 Å². The second-order valence-electron chi connectivity index (χ2n) is 2.97. The van der Waals surface area contributed by atoms with Crippen LogP contribution in [0.2, 0.25) is 10.0 Å². The minimum absolute atomic E-state index is 0.372. The second-order valence-corrected chi connectivity index (χ2v) is 4.34. The maximum Gasteiger partial charge on any atom is 0.334 e. The van der Waals surface area contributed by atoms with Gasteiger partial charge in [-0.1, -0.05) is 45.2 Å². The Bertz CT molecular complexity index is 430. The van der Waals surface area contributed by atoms with Gasteiger partial charge in [-0.3, -0.25) is 0 Å². The van der Waals surface area contributed by atoms with E-state index in [9.17, 15) is 4.79 Å². The van der Waals surface area contributed by atoms with E-state index in [0.29, 0.717) is 20.9 Å². The molecular formula is C11H9BrCl2O2. The number of carbonyl (C=O) groups is 1. The summed E-state index contributed by atoms with van der Waals surface area (Å²) in [5.41, 5.74) is 1.31. The SMILES string of the molecule is COC(=O)/C(=C/c1ccc(Cl)c(Cl)c1)CBr. The zero-order valence-electron chi connectivity index (χ0n) is 8.47. The lowest BCUT2D eigenvalue weighted by Crippen LogP contribution is -2.05. The minimum atomic E-state index is -0.372. The van der Waals surface area contributed by atoms with Gasteiger partial charge in [0.15, 0.2) is 0 Å². The van der Waals surface area contributed by atoms with Gasteiger partial charge in [0, 0.05) is 10.9 Å². The minimum Gasteiger partial charge on any atom is -0.466 e. The van der Waals surface area contributed by atoms with Crippen LogP contribution in [0.1, 0.15) is 5.56 Å². The summed E-state index contributed by atoms with van der Waals surface area (Å²) in [6, 6.07) is 5.15. The molecule has 0 aromatic heterocycles. The molecule has 0 aliphatic carbocycles. The fourth-order valence-corrected chi connectivity index (χ4v) is 1.78. The maximum atomic E-state index is 11.3. The number of rotatable bonds is 3. The summed E-state index contributed by atoms with van der Waals surface area (Å²) in [6.45, 7) is 0. The highest BCUT2D eigenvalue weighted by Crippen LogP contribution is 2.24. The lowest BCUT2D eigenvalue weighted by atomic mass is 10.1. The first-order chi connectivity index (χ1) is 7.58. The monoisotopic (exact) mass is 322 g/mol. The Kier molecular flexibility index (Phi) is 5.32. The third-order valence-electron chi connectivity index (χ3n) is 1.88. The smallest absolute Gasteiger partial charge is 0.334 e. The fraction of sp³-hybridized carbons (Fsp3) is 0.182. The molecule has 0 spiro atoms. The third-order valence-corrected chi connectivity index (χ3v) is 3.22. The van der Waals surface area contributed by atoms with Crippen LogP contribution in [0.4, 0.5) is 0 Å². The molecule has 0 saturated heterocycles. The molecule has 16 heavy (non-hydrogen) atoms. The van der Waals surface area contributed by atoms with Crippen molar-refractivity contribution in [2.24, 2.45) is 0 Å². The van der Waals surface area contributed by atoms with Crippen LogP contribution in [-0.2, 0) is 9.53 Å². The highest BCUT2D eigenvalue weighted by atomic mass is 79.9. The van der Waals surface area contributed by atoms with Crippen LogP contribution in [0.25, 0.3) is 6.08 Å². The molecule has 0 aliphatic rings. The van der Waals surface area contributed by atoms with Crippen LogP contribution in [0.15, 0.2) is 23.8 Å². The van der Waals surface area contributed by atoms with Gasteiger partial charge in [-0.2, -0.15) is 0 Å². The Morgan fingerprint density at radius 3 is 2.62 bits per heavy atom. The Hall–Kier alpha value is -0.510. The predicted octanol–water partition coefficient (Wildman–Crippen LogP) is 3.94. The first-order valence-electron chi connectivity index (χ1n) is 4.38. The number of methoxy groups -OCH3 is 1. The molecule has 0 bridgehead atoms. The normalized spacial score (nSPS) is 11.4. The van der Waals surface area contributed by atoms with Gasteiger partial charge in [0.1, 0.15) is 0 Å². The van der Waals surface area contributed by atoms with E-state index in [4.69, 9.17) is 23.2 Å². The number of benzene rings is 1. The van der Waals surface area contributed by atoms with Crippen LogP contribution >= 0.6 is 39.1 Å². The number of hydrogen-bond donors (Lipinski definition) is 0. The van der Waals surface area contributed by atoms with Crippen molar-refractivity contribution in [3.63, 3.8) is 0 Å². The van der Waals surface area contributed by atoms with Crippen LogP contribution in [0.5, 0.6) is 0 Å². The molecule has 5 heteroatoms. The van der Waals surface area contributed by atoms with Gasteiger partial charge in [-0.05, 0) is 23.8 Å². The van der Waals surface area contributed by atoms with Gasteiger partial charge < -0.3 is 4.74 Å². The van der Waals surface area contributed by atoms with E-state index >= 15 is 0 Å². The van der Waals surface area contributed by atoms with E-state index in [1.807, 2.05) is 0 Å². The van der Waals surface area contributed by atoms with E-state index in [-0.39, 0.29) is 5.97 Å². The highest BCUT2D eigenvalue weighted by Gasteiger charge is 2.08. The van der Waals surface area contributed by atoms with Crippen molar-refractivity contribution in [1.82, 2.24) is 0 Å². The first kappa shape index (κ1) is 13.6. The Balaban J connectivity index is 3.04. The van der Waals surface area contributed by atoms with Crippen molar-refractivity contribution in [3.05, 3.63) is 39.4 Å². The fourth-order valence-electron chi connectivity index (χ4n) is 1.09. The van der Waals surface area contributed by atoms with Crippen LogP contribution in [0.3, 0.4) is 0 Å². The molecule has 0 radical (unpaired) electrons. The van der Waals surface area contributed by atoms with Gasteiger partial charge >= 0.3 is 5.97 Å². The van der Waals surface area contributed by atoms with Gasteiger partial charge in [-0.25, -0.2) is 4.79 Å². The van der Waals surface area contributed by atoms with Crippen LogP contribution < -0.4 is 0 Å². The van der Waals surface area contributed by atoms with Crippen molar-refractivity contribution in [2.75, 3.05) is 12.4 Å². The number of ether oxygens (including phenoxy) is 1. The van der Waals surface area contributed by atoms with Crippen molar-refractivity contribution in [2.45, 2.75) is 0 Å². The number of alkyl halides is 1. The zero-order chi connectivity index (χ0) is 12.1. The molecule has 0 saturated carbocycles. The second kappa shape index (κ2) is 6.28. The number of carbonyl (C=O) groups excluding carboxylic acids is 1. The molecule has 0 heterocycles. The summed E-state index contributed by atoms with van der Waals surface area (Å²) in [6.07, 6.45) is 1.70. The van der Waals surface area contributed by atoms with Crippen molar-refractivity contribution >= 4 is 51.2 Å². The van der Waals surface area contributed by atoms with Crippen LogP contribution in [-0.4, -0.2) is 18.4 Å². The number of esters is 1. The van der Waals surface area contributed by atoms with Gasteiger partial charge in [-0.15, -0.1) is 0 Å². The topological polar surface area (TPSA) is 26.3 Å². The number of halogens is 3. The summed E-state index contributed by atoms with van der Waals surface area (Å²) in [5, 5.41) is 1.35. The Morgan fingerprint density at radius 1 is 1.44 bits per heavy atom. The quantitative estimate of drug-likeness (QED) is 0.478. The van der Waals surface area contributed by atoms with Gasteiger partial charge in [0.25, 0.3) is 0 Å². The van der Waals surface area contributed by atoms with Crippen molar-refractivity contribution in [3.8, 4) is 0 Å². The Morgan fingerprint density at radius 2 is 2.12 bits per heavy atom. The molecular weight excluding hydrogens is 315 g/mol. The third kappa shape index (κ3) is 3.51. The summed E-state index contributed by atoms with van der Waals surface area (Å²) < 4.78 is 4.63. The standard InChI is InChI=1S/C11H9BrCl2O2/c1-16-11(15)8(6-12)4-7-2-3-9(13)10(14)5-7/h2-5H,6H2,1H3/b8-4+. The molecule has 0 N–H and O–H groups in total.